The molecule has 16 heteroatoms. The van der Waals surface area contributed by atoms with Gasteiger partial charge in [-0.2, -0.15) is 0 Å². The topological polar surface area (TPSA) is 416 Å². The lowest BCUT2D eigenvalue weighted by molar-refractivity contribution is 0.940. The van der Waals surface area contributed by atoms with E-state index in [4.69, 9.17) is 91.7 Å². The molecular formula is C121H150N16. The van der Waals surface area contributed by atoms with E-state index in [1.54, 1.807) is 0 Å². The van der Waals surface area contributed by atoms with Crippen LogP contribution in [0, 0.1) is 90.0 Å². The fourth-order valence-electron chi connectivity index (χ4n) is 15.7. The Morgan fingerprint density at radius 2 is 0.365 bits per heavy atom. The normalized spacial score (nSPS) is 10.3. The van der Waals surface area contributed by atoms with E-state index in [9.17, 15) is 0 Å². The Morgan fingerprint density at radius 3 is 0.657 bits per heavy atom. The van der Waals surface area contributed by atoms with Crippen LogP contribution in [-0.2, 0) is 64.2 Å². The maximum atomic E-state index is 6.00. The molecule has 0 amide bonds. The van der Waals surface area contributed by atoms with Gasteiger partial charge < -0.3 is 91.7 Å². The molecule has 16 rings (SSSR count). The average Bonchev–Trinajstić information content (AvgIpc) is 0.818. The van der Waals surface area contributed by atoms with Crippen molar-refractivity contribution in [2.24, 2.45) is 0 Å². The van der Waals surface area contributed by atoms with Crippen molar-refractivity contribution >= 4 is 91.0 Å². The Balaban J connectivity index is 0.000000213. The van der Waals surface area contributed by atoms with Crippen molar-refractivity contribution in [3.8, 4) is 0 Å². The molecule has 0 aliphatic heterocycles. The van der Waals surface area contributed by atoms with E-state index in [0.29, 0.717) is 0 Å². The summed E-state index contributed by atoms with van der Waals surface area (Å²) < 4.78 is 0. The van der Waals surface area contributed by atoms with Gasteiger partial charge in [-0.1, -0.05) is 185 Å². The van der Waals surface area contributed by atoms with E-state index in [1.165, 1.54) is 111 Å². The number of rotatable bonds is 18. The third-order valence-corrected chi connectivity index (χ3v) is 24.1. The third-order valence-electron chi connectivity index (χ3n) is 24.1. The SMILES string of the molecule is C.C.Cc1cc(CCc2ccc(N)c(C)c2)ccc1N.Cc1cc(Cc2cc(C)c(N)c(C)c2)cc(C)c1N.Cc1cc(Cc2ccc(N)c(C)c2)ccc1N.Cc1cc(N)ccc1CCc1ccc(N)cc1C.Cc1cc(N)ccc1Cc1ccc(N)cc1C.Cc1ccc(Cc2cccc(N)c2)cc1N.Nc1ccc(Cc2ccc(N)cc2)cc1.Nc1ccc(Cc2cccc(N)c2)cc1. The second-order valence-corrected chi connectivity index (χ2v) is 35.8. The molecule has 0 spiro atoms. The van der Waals surface area contributed by atoms with E-state index in [2.05, 4.69) is 177 Å². The lowest BCUT2D eigenvalue weighted by Gasteiger charge is -2.11. The number of anilines is 16. The van der Waals surface area contributed by atoms with Crippen LogP contribution in [0.1, 0.15) is 176 Å². The fraction of sp³-hybridized carbons (Fsp3) is 0.207. The van der Waals surface area contributed by atoms with Gasteiger partial charge in [-0.15, -0.1) is 0 Å². The van der Waals surface area contributed by atoms with Crippen LogP contribution in [0.2, 0.25) is 0 Å². The summed E-state index contributed by atoms with van der Waals surface area (Å²) >= 11 is 0. The summed E-state index contributed by atoms with van der Waals surface area (Å²) in [5.74, 6) is 0. The Morgan fingerprint density at radius 1 is 0.139 bits per heavy atom. The van der Waals surface area contributed by atoms with Crippen LogP contribution in [0.25, 0.3) is 0 Å². The molecule has 0 saturated carbocycles. The third kappa shape index (κ3) is 35.7. The van der Waals surface area contributed by atoms with Gasteiger partial charge in [0.1, 0.15) is 0 Å². The van der Waals surface area contributed by atoms with Gasteiger partial charge in [-0.3, -0.25) is 0 Å². The zero-order chi connectivity index (χ0) is 98.1. The minimum atomic E-state index is 0. The molecule has 0 heterocycles. The second-order valence-electron chi connectivity index (χ2n) is 35.8. The van der Waals surface area contributed by atoms with Gasteiger partial charge in [0.2, 0.25) is 0 Å². The number of benzene rings is 16. The zero-order valence-corrected chi connectivity index (χ0v) is 81.3. The summed E-state index contributed by atoms with van der Waals surface area (Å²) in [5.41, 5.74) is 142. The lowest BCUT2D eigenvalue weighted by atomic mass is 9.96. The maximum Gasteiger partial charge on any atom is 0.0373 e. The van der Waals surface area contributed by atoms with E-state index >= 15 is 0 Å². The van der Waals surface area contributed by atoms with Gasteiger partial charge in [0.05, 0.1) is 0 Å². The highest BCUT2D eigenvalue weighted by molar-refractivity contribution is 5.61. The molecular weight excluding hydrogens is 1680 g/mol. The molecule has 16 aromatic rings. The van der Waals surface area contributed by atoms with Crippen molar-refractivity contribution < 1.29 is 0 Å². The first kappa shape index (κ1) is 108. The van der Waals surface area contributed by atoms with Gasteiger partial charge in [0.25, 0.3) is 0 Å². The minimum absolute atomic E-state index is 0. The number of hydrogen-bond donors (Lipinski definition) is 16. The Bertz CT molecular complexity index is 6250. The molecule has 714 valence electrons. The molecule has 0 unspecified atom stereocenters. The Kier molecular flexibility index (Phi) is 41.7. The molecule has 0 atom stereocenters. The van der Waals surface area contributed by atoms with Crippen LogP contribution in [0.15, 0.2) is 309 Å². The number of hydrogen-bond acceptors (Lipinski definition) is 16. The van der Waals surface area contributed by atoms with Crippen LogP contribution in [-0.4, -0.2) is 0 Å². The van der Waals surface area contributed by atoms with E-state index in [0.717, 1.165) is 205 Å². The maximum absolute atomic E-state index is 6.00. The van der Waals surface area contributed by atoms with E-state index in [-0.39, 0.29) is 14.9 Å². The zero-order valence-electron chi connectivity index (χ0n) is 81.3. The number of nitrogen functional groups attached to an aromatic ring is 16. The van der Waals surface area contributed by atoms with E-state index in [1.807, 2.05) is 223 Å². The summed E-state index contributed by atoms with van der Waals surface area (Å²) in [4.78, 5) is 0. The molecule has 0 aromatic heterocycles. The first-order valence-electron chi connectivity index (χ1n) is 45.8. The van der Waals surface area contributed by atoms with Crippen molar-refractivity contribution in [2.75, 3.05) is 91.7 Å². The van der Waals surface area contributed by atoms with Crippen LogP contribution < -0.4 is 91.7 Å². The van der Waals surface area contributed by atoms with Crippen molar-refractivity contribution in [1.82, 2.24) is 0 Å². The highest BCUT2D eigenvalue weighted by Gasteiger charge is 2.12. The monoisotopic (exact) mass is 1830 g/mol. The second kappa shape index (κ2) is 52.7. The molecule has 0 radical (unpaired) electrons. The van der Waals surface area contributed by atoms with Crippen LogP contribution in [0.3, 0.4) is 0 Å². The summed E-state index contributed by atoms with van der Waals surface area (Å²) in [6, 6.07) is 104. The van der Waals surface area contributed by atoms with Gasteiger partial charge in [-0.25, -0.2) is 0 Å². The first-order chi connectivity index (χ1) is 64.2. The largest absolute Gasteiger partial charge is 0.399 e. The molecule has 0 aliphatic carbocycles. The molecule has 0 saturated heterocycles. The smallest absolute Gasteiger partial charge is 0.0373 e. The Hall–Kier alpha value is -15.7. The number of nitrogens with two attached hydrogens (primary N) is 16. The highest BCUT2D eigenvalue weighted by atomic mass is 14.6. The van der Waals surface area contributed by atoms with Crippen LogP contribution in [0.4, 0.5) is 91.0 Å². The average molecular weight is 1830 g/mol. The molecule has 0 fully saturated rings. The minimum Gasteiger partial charge on any atom is -0.399 e. The first-order valence-corrected chi connectivity index (χ1v) is 45.8. The molecule has 16 nitrogen and oxygen atoms in total. The summed E-state index contributed by atoms with van der Waals surface area (Å²) in [7, 11) is 0. The van der Waals surface area contributed by atoms with Gasteiger partial charge in [0, 0.05) is 91.0 Å². The summed E-state index contributed by atoms with van der Waals surface area (Å²) in [6.45, 7) is 26.8. The van der Waals surface area contributed by atoms with Crippen LogP contribution in [0.5, 0.6) is 0 Å². The van der Waals surface area contributed by atoms with Gasteiger partial charge in [0.15, 0.2) is 0 Å². The molecule has 137 heavy (non-hydrogen) atoms. The molecule has 32 N–H and O–H groups in total. The van der Waals surface area contributed by atoms with Gasteiger partial charge >= 0.3 is 0 Å². The quantitative estimate of drug-likeness (QED) is 0.0355. The van der Waals surface area contributed by atoms with Crippen molar-refractivity contribution in [1.29, 1.82) is 0 Å². The summed E-state index contributed by atoms with van der Waals surface area (Å²) in [6.07, 6.45) is 9.59. The number of aryl methyl sites for hydroxylation is 17. The molecule has 0 bridgehead atoms. The van der Waals surface area contributed by atoms with Crippen LogP contribution >= 0.6 is 0 Å². The van der Waals surface area contributed by atoms with Crippen molar-refractivity contribution in [2.45, 2.75) is 169 Å². The summed E-state index contributed by atoms with van der Waals surface area (Å²) in [5, 5.41) is 0. The highest BCUT2D eigenvalue weighted by Crippen LogP contribution is 2.29. The molecule has 16 aromatic carbocycles. The lowest BCUT2D eigenvalue weighted by Crippen LogP contribution is -1.99. The molecule has 0 aliphatic rings. The standard InChI is InChI=1S/C17H22N2.2C16H20N2.2C15H18N2.C14H16N2.2C13H14N2.2CH4/c1-10-5-14(6-11(2)16(10)18)9-15-7-12(3)17(19)13(4)8-15;1-11-9-15(17)7-5-13(11)3-4-14-6-8-16(18)10-12(14)2;1-11-9-13(5-7-15(11)17)3-4-14-6-8-16(18)12(2)10-14;1-10-7-14(16)5-3-12(10)9-13-4-6-15(17)8-11(13)2;1-10-7-12(3-5-14(10)16)9-13-4-6-15(17)11(2)8-13;1-10-5-6-12(9-14(10)16)7-11-3-2-4-13(15)8-11;14-12-5-1-10(2-6-12)9-11-3-7-13(15)8-4-11;14-12-6-4-10(5-7-12)8-11-2-1-3-13(15)9-11;;/h5-8H,9,18-19H2,1-4H3;2*5-10H,3-4,17-18H2,1-2H3;2*3-8H,9,16-17H2,1-2H3;2-6,8-9H,7,15-16H2,1H3;1-8H,9,14-15H2;1-7,9H,8,14-15H2;2*1H4. The predicted molar refractivity (Wildman–Crippen MR) is 600 cm³/mol. The van der Waals surface area contributed by atoms with Crippen molar-refractivity contribution in [3.05, 3.63) is 471 Å². The van der Waals surface area contributed by atoms with E-state index < -0.39 is 0 Å². The van der Waals surface area contributed by atoms with Crippen molar-refractivity contribution in [3.63, 3.8) is 0 Å². The predicted octanol–water partition coefficient (Wildman–Crippen LogP) is 25.2. The fourth-order valence-corrected chi connectivity index (χ4v) is 15.7. The van der Waals surface area contributed by atoms with Gasteiger partial charge in [-0.05, 0) is 455 Å². The Labute approximate surface area is 817 Å².